The van der Waals surface area contributed by atoms with Crippen LogP contribution in [-0.4, -0.2) is 24.6 Å². The van der Waals surface area contributed by atoms with E-state index in [9.17, 15) is 0 Å². The highest BCUT2D eigenvalue weighted by atomic mass is 32.2. The minimum atomic E-state index is 1.03. The Balaban J connectivity index is 2.04. The quantitative estimate of drug-likeness (QED) is 0.513. The summed E-state index contributed by atoms with van der Waals surface area (Å²) < 4.78 is 0. The molecule has 0 aromatic rings. The Hall–Kier alpha value is 0.310. The average molecular weight is 129 g/mol. The Labute approximate surface area is 54.2 Å². The molecule has 2 saturated heterocycles. The zero-order chi connectivity index (χ0) is 5.40. The summed E-state index contributed by atoms with van der Waals surface area (Å²) in [5.74, 6) is 4.88. The van der Waals surface area contributed by atoms with Gasteiger partial charge in [0.1, 0.15) is 0 Å². The fourth-order valence-electron chi connectivity index (χ4n) is 1.55. The third-order valence-electron chi connectivity index (χ3n) is 2.14. The maximum absolute atomic E-state index is 3.41. The maximum atomic E-state index is 3.41. The molecule has 2 aliphatic heterocycles. The Morgan fingerprint density at radius 1 is 1.12 bits per heavy atom. The third-order valence-corrected chi connectivity index (χ3v) is 3.47. The molecule has 0 saturated carbocycles. The van der Waals surface area contributed by atoms with Crippen molar-refractivity contribution in [2.75, 3.05) is 24.6 Å². The second-order valence-electron chi connectivity index (χ2n) is 2.72. The van der Waals surface area contributed by atoms with Crippen LogP contribution >= 0.6 is 11.8 Å². The zero-order valence-electron chi connectivity index (χ0n) is 4.89. The summed E-state index contributed by atoms with van der Waals surface area (Å²) in [6.07, 6.45) is 0. The van der Waals surface area contributed by atoms with Crippen molar-refractivity contribution in [3.8, 4) is 0 Å². The second kappa shape index (κ2) is 1.92. The van der Waals surface area contributed by atoms with Crippen molar-refractivity contribution in [2.45, 2.75) is 0 Å². The van der Waals surface area contributed by atoms with Crippen LogP contribution in [0.15, 0.2) is 0 Å². The van der Waals surface area contributed by atoms with Gasteiger partial charge in [-0.15, -0.1) is 0 Å². The first-order chi connectivity index (χ1) is 3.97. The van der Waals surface area contributed by atoms with E-state index in [1.165, 1.54) is 24.6 Å². The van der Waals surface area contributed by atoms with E-state index >= 15 is 0 Å². The van der Waals surface area contributed by atoms with Crippen LogP contribution in [-0.2, 0) is 0 Å². The smallest absolute Gasteiger partial charge is 0.000907 e. The van der Waals surface area contributed by atoms with Gasteiger partial charge in [-0.05, 0) is 36.4 Å². The second-order valence-corrected chi connectivity index (χ2v) is 3.79. The molecule has 8 heavy (non-hydrogen) atoms. The number of hydrogen-bond donors (Lipinski definition) is 1. The molecule has 0 unspecified atom stereocenters. The minimum absolute atomic E-state index is 1.03. The molecule has 2 aliphatic rings. The molecule has 2 heteroatoms. The molecule has 0 spiro atoms. The topological polar surface area (TPSA) is 12.0 Å². The van der Waals surface area contributed by atoms with Crippen LogP contribution in [0.1, 0.15) is 0 Å². The summed E-state index contributed by atoms with van der Waals surface area (Å²) in [7, 11) is 0. The molecule has 2 rings (SSSR count). The summed E-state index contributed by atoms with van der Waals surface area (Å²) in [4.78, 5) is 0. The van der Waals surface area contributed by atoms with Crippen LogP contribution in [0, 0.1) is 11.8 Å². The lowest BCUT2D eigenvalue weighted by Crippen LogP contribution is -2.09. The van der Waals surface area contributed by atoms with Crippen molar-refractivity contribution in [2.24, 2.45) is 11.8 Å². The molecule has 1 nitrogen and oxygen atoms in total. The van der Waals surface area contributed by atoms with Crippen molar-refractivity contribution in [1.82, 2.24) is 5.32 Å². The molecule has 0 amide bonds. The highest BCUT2D eigenvalue weighted by molar-refractivity contribution is 7.99. The van der Waals surface area contributed by atoms with Crippen LogP contribution in [0.2, 0.25) is 0 Å². The summed E-state index contributed by atoms with van der Waals surface area (Å²) in [6, 6.07) is 0. The van der Waals surface area contributed by atoms with E-state index in [0.717, 1.165) is 11.8 Å². The van der Waals surface area contributed by atoms with Crippen LogP contribution in [0.25, 0.3) is 0 Å². The van der Waals surface area contributed by atoms with Gasteiger partial charge < -0.3 is 5.32 Å². The molecule has 0 aromatic heterocycles. The average Bonchev–Trinajstić information content (AvgIpc) is 2.15. The number of thioether (sulfide) groups is 1. The molecule has 1 N–H and O–H groups in total. The van der Waals surface area contributed by atoms with Crippen molar-refractivity contribution in [1.29, 1.82) is 0 Å². The Morgan fingerprint density at radius 2 is 1.75 bits per heavy atom. The Bertz CT molecular complexity index is 74.5. The van der Waals surface area contributed by atoms with Crippen LogP contribution in [0.5, 0.6) is 0 Å². The number of hydrogen-bond acceptors (Lipinski definition) is 2. The molecule has 0 bridgehead atoms. The minimum Gasteiger partial charge on any atom is -0.316 e. The normalized spacial score (nSPS) is 45.0. The first kappa shape index (κ1) is 5.12. The molecular formula is C6H11NS. The Kier molecular flexibility index (Phi) is 1.23. The maximum Gasteiger partial charge on any atom is -0.000907 e. The van der Waals surface area contributed by atoms with E-state index in [-0.39, 0.29) is 0 Å². The Morgan fingerprint density at radius 3 is 2.38 bits per heavy atom. The van der Waals surface area contributed by atoms with Gasteiger partial charge in [-0.1, -0.05) is 0 Å². The SMILES string of the molecule is C1NC[C@H]2CSC[C@@H]12. The van der Waals surface area contributed by atoms with E-state index in [4.69, 9.17) is 0 Å². The fourth-order valence-corrected chi connectivity index (χ4v) is 3.07. The van der Waals surface area contributed by atoms with Crippen molar-refractivity contribution >= 4 is 11.8 Å². The zero-order valence-corrected chi connectivity index (χ0v) is 5.71. The molecule has 2 heterocycles. The van der Waals surface area contributed by atoms with Crippen LogP contribution < -0.4 is 5.32 Å². The molecule has 2 fully saturated rings. The van der Waals surface area contributed by atoms with E-state index in [1.54, 1.807) is 0 Å². The van der Waals surface area contributed by atoms with Gasteiger partial charge in [0.25, 0.3) is 0 Å². The van der Waals surface area contributed by atoms with E-state index in [1.807, 2.05) is 0 Å². The van der Waals surface area contributed by atoms with Gasteiger partial charge in [0.05, 0.1) is 0 Å². The summed E-state index contributed by atoms with van der Waals surface area (Å²) in [5, 5.41) is 3.41. The van der Waals surface area contributed by atoms with Crippen molar-refractivity contribution < 1.29 is 0 Å². The lowest BCUT2D eigenvalue weighted by molar-refractivity contribution is 0.533. The largest absolute Gasteiger partial charge is 0.316 e. The summed E-state index contributed by atoms with van der Waals surface area (Å²) >= 11 is 2.13. The first-order valence-electron chi connectivity index (χ1n) is 3.25. The molecule has 46 valence electrons. The summed E-state index contributed by atoms with van der Waals surface area (Å²) in [5.41, 5.74) is 0. The molecular weight excluding hydrogens is 118 g/mol. The molecule has 0 radical (unpaired) electrons. The monoisotopic (exact) mass is 129 g/mol. The number of fused-ring (bicyclic) bond motifs is 1. The molecule has 2 atom stereocenters. The van der Waals surface area contributed by atoms with Gasteiger partial charge >= 0.3 is 0 Å². The summed E-state index contributed by atoms with van der Waals surface area (Å²) in [6.45, 7) is 2.58. The lowest BCUT2D eigenvalue weighted by atomic mass is 10.0. The predicted octanol–water partition coefficient (Wildman–Crippen LogP) is 0.569. The van der Waals surface area contributed by atoms with E-state index in [0.29, 0.717) is 0 Å². The fraction of sp³-hybridized carbons (Fsp3) is 1.00. The van der Waals surface area contributed by atoms with Gasteiger partial charge in [-0.2, -0.15) is 11.8 Å². The predicted molar refractivity (Wildman–Crippen MR) is 37.2 cm³/mol. The van der Waals surface area contributed by atoms with Gasteiger partial charge in [0.2, 0.25) is 0 Å². The van der Waals surface area contributed by atoms with Crippen molar-refractivity contribution in [3.63, 3.8) is 0 Å². The van der Waals surface area contributed by atoms with Crippen LogP contribution in [0.4, 0.5) is 0 Å². The van der Waals surface area contributed by atoms with Gasteiger partial charge in [0.15, 0.2) is 0 Å². The van der Waals surface area contributed by atoms with Crippen LogP contribution in [0.3, 0.4) is 0 Å². The number of nitrogens with one attached hydrogen (secondary N) is 1. The third kappa shape index (κ3) is 0.669. The highest BCUT2D eigenvalue weighted by Gasteiger charge is 2.31. The highest BCUT2D eigenvalue weighted by Crippen LogP contribution is 2.31. The number of rotatable bonds is 0. The van der Waals surface area contributed by atoms with E-state index < -0.39 is 0 Å². The van der Waals surface area contributed by atoms with E-state index in [2.05, 4.69) is 17.1 Å². The van der Waals surface area contributed by atoms with Crippen molar-refractivity contribution in [3.05, 3.63) is 0 Å². The standard InChI is InChI=1S/C6H11NS/c1-5-3-8-4-6(5)2-7-1/h5-7H,1-4H2/t5-,6+. The van der Waals surface area contributed by atoms with Gasteiger partial charge in [-0.3, -0.25) is 0 Å². The molecule has 0 aromatic carbocycles. The van der Waals surface area contributed by atoms with Gasteiger partial charge in [-0.25, -0.2) is 0 Å². The lowest BCUT2D eigenvalue weighted by Gasteiger charge is -2.01. The first-order valence-corrected chi connectivity index (χ1v) is 4.41. The van der Waals surface area contributed by atoms with Gasteiger partial charge in [0, 0.05) is 0 Å². The molecule has 0 aliphatic carbocycles.